The van der Waals surface area contributed by atoms with Gasteiger partial charge in [0.2, 0.25) is 5.91 Å². The van der Waals surface area contributed by atoms with Crippen LogP contribution >= 0.6 is 11.6 Å². The molecule has 1 N–H and O–H groups in total. The molecule has 4 rings (SSSR count). The van der Waals surface area contributed by atoms with Crippen LogP contribution in [0.1, 0.15) is 31.9 Å². The van der Waals surface area contributed by atoms with Crippen molar-refractivity contribution in [1.82, 2.24) is 0 Å². The van der Waals surface area contributed by atoms with Gasteiger partial charge in [-0.3, -0.25) is 4.79 Å². The summed E-state index contributed by atoms with van der Waals surface area (Å²) in [6, 6.07) is 17.0. The summed E-state index contributed by atoms with van der Waals surface area (Å²) in [6.07, 6.45) is 3.33. The van der Waals surface area contributed by atoms with Gasteiger partial charge in [-0.1, -0.05) is 23.7 Å². The zero-order valence-corrected chi connectivity index (χ0v) is 21.0. The summed E-state index contributed by atoms with van der Waals surface area (Å²) in [5.41, 5.74) is 5.92. The zero-order valence-electron chi connectivity index (χ0n) is 20.3. The number of carbonyl (C=O) groups excluding carboxylic acids is 1. The Hall–Kier alpha value is -3.70. The Balaban J connectivity index is 1.70. The quantitative estimate of drug-likeness (QED) is 0.255. The van der Waals surface area contributed by atoms with E-state index >= 15 is 0 Å². The lowest BCUT2D eigenvalue weighted by atomic mass is 9.96. The number of halogens is 1. The third-order valence-electron chi connectivity index (χ3n) is 5.69. The first-order valence-electron chi connectivity index (χ1n) is 11.6. The van der Waals surface area contributed by atoms with Crippen LogP contribution in [0.2, 0.25) is 5.02 Å². The number of fused-ring (bicyclic) bond motifs is 1. The summed E-state index contributed by atoms with van der Waals surface area (Å²) < 4.78 is 17.4. The molecule has 180 valence electrons. The number of carbonyl (C=O) groups is 1. The molecule has 1 aromatic heterocycles. The van der Waals surface area contributed by atoms with E-state index in [1.54, 1.807) is 12.3 Å². The summed E-state index contributed by atoms with van der Waals surface area (Å²) in [5.74, 6) is 1.25. The van der Waals surface area contributed by atoms with Gasteiger partial charge in [0.1, 0.15) is 17.1 Å². The second-order valence-corrected chi connectivity index (χ2v) is 8.55. The number of furan rings is 1. The molecule has 0 aliphatic heterocycles. The highest BCUT2D eigenvalue weighted by molar-refractivity contribution is 6.30. The minimum atomic E-state index is -0.225. The molecule has 0 aliphatic rings. The Morgan fingerprint density at radius 2 is 1.71 bits per heavy atom. The number of nitrogens with one attached hydrogen (secondary N) is 1. The molecule has 5 nitrogen and oxygen atoms in total. The highest BCUT2D eigenvalue weighted by atomic mass is 35.5. The third-order valence-corrected chi connectivity index (χ3v) is 5.95. The van der Waals surface area contributed by atoms with E-state index in [-0.39, 0.29) is 5.91 Å². The number of anilines is 1. The van der Waals surface area contributed by atoms with Crippen molar-refractivity contribution in [3.8, 4) is 22.6 Å². The summed E-state index contributed by atoms with van der Waals surface area (Å²) >= 11 is 6.08. The van der Waals surface area contributed by atoms with Gasteiger partial charge in [-0.15, -0.1) is 0 Å². The molecule has 0 atom stereocenters. The Morgan fingerprint density at radius 1 is 1.03 bits per heavy atom. The van der Waals surface area contributed by atoms with Crippen LogP contribution in [0.25, 0.3) is 27.7 Å². The molecule has 0 radical (unpaired) electrons. The lowest BCUT2D eigenvalue weighted by Gasteiger charge is -2.15. The zero-order chi connectivity index (χ0) is 24.9. The molecular weight excluding hydrogens is 462 g/mol. The van der Waals surface area contributed by atoms with E-state index in [2.05, 4.69) is 5.32 Å². The Labute approximate surface area is 210 Å². The van der Waals surface area contributed by atoms with E-state index in [0.29, 0.717) is 29.7 Å². The van der Waals surface area contributed by atoms with Gasteiger partial charge in [0.25, 0.3) is 0 Å². The van der Waals surface area contributed by atoms with Crippen molar-refractivity contribution in [1.29, 1.82) is 0 Å². The van der Waals surface area contributed by atoms with Crippen LogP contribution in [0.4, 0.5) is 5.69 Å². The first-order valence-corrected chi connectivity index (χ1v) is 11.9. The second-order valence-electron chi connectivity index (χ2n) is 8.12. The number of hydrogen-bond acceptors (Lipinski definition) is 4. The molecule has 1 heterocycles. The molecule has 0 saturated heterocycles. The molecule has 1 amide bonds. The predicted octanol–water partition coefficient (Wildman–Crippen LogP) is 7.90. The molecule has 0 unspecified atom stereocenters. The van der Waals surface area contributed by atoms with Crippen LogP contribution in [0.5, 0.6) is 11.5 Å². The largest absolute Gasteiger partial charge is 0.494 e. The summed E-state index contributed by atoms with van der Waals surface area (Å²) in [4.78, 5) is 12.8. The van der Waals surface area contributed by atoms with Crippen molar-refractivity contribution in [3.05, 3.63) is 83.1 Å². The molecule has 0 bridgehead atoms. The van der Waals surface area contributed by atoms with Crippen LogP contribution in [-0.2, 0) is 4.79 Å². The fourth-order valence-corrected chi connectivity index (χ4v) is 4.17. The minimum absolute atomic E-state index is 0.225. The number of rotatable bonds is 8. The minimum Gasteiger partial charge on any atom is -0.494 e. The smallest absolute Gasteiger partial charge is 0.248 e. The van der Waals surface area contributed by atoms with E-state index in [1.165, 1.54) is 0 Å². The van der Waals surface area contributed by atoms with Crippen molar-refractivity contribution in [2.45, 2.75) is 27.7 Å². The highest BCUT2D eigenvalue weighted by Crippen LogP contribution is 2.41. The lowest BCUT2D eigenvalue weighted by Crippen LogP contribution is -2.09. The third kappa shape index (κ3) is 5.36. The van der Waals surface area contributed by atoms with Crippen LogP contribution in [0, 0.1) is 6.92 Å². The summed E-state index contributed by atoms with van der Waals surface area (Å²) in [6.45, 7) is 8.83. The predicted molar refractivity (Wildman–Crippen MR) is 142 cm³/mol. The second kappa shape index (κ2) is 10.7. The standard InChI is InChI=1S/C29H28ClNO4/c1-5-33-23-13-11-22(12-14-23)31-27(32)15-18(3)24-16-25-26(20-7-9-21(30)10-8-20)17-35-29(25)19(4)28(24)34-6-2/h7-17H,5-6H2,1-4H3,(H,31,32)/b18-15+. The lowest BCUT2D eigenvalue weighted by molar-refractivity contribution is -0.111. The fourth-order valence-electron chi connectivity index (χ4n) is 4.05. The number of aryl methyl sites for hydroxylation is 1. The van der Waals surface area contributed by atoms with Gasteiger partial charge in [-0.05, 0) is 81.3 Å². The van der Waals surface area contributed by atoms with Gasteiger partial charge < -0.3 is 19.2 Å². The van der Waals surface area contributed by atoms with Gasteiger partial charge >= 0.3 is 0 Å². The first-order chi connectivity index (χ1) is 16.9. The summed E-state index contributed by atoms with van der Waals surface area (Å²) in [7, 11) is 0. The van der Waals surface area contributed by atoms with E-state index < -0.39 is 0 Å². The van der Waals surface area contributed by atoms with E-state index in [9.17, 15) is 4.79 Å². The first kappa shape index (κ1) is 24.4. The maximum atomic E-state index is 12.8. The van der Waals surface area contributed by atoms with Crippen molar-refractivity contribution >= 4 is 39.7 Å². The molecule has 0 fully saturated rings. The number of amides is 1. The van der Waals surface area contributed by atoms with Gasteiger partial charge in [0.05, 0.1) is 19.5 Å². The van der Waals surface area contributed by atoms with Crippen LogP contribution in [0.15, 0.2) is 71.4 Å². The fraction of sp³-hybridized carbons (Fsp3) is 0.207. The number of allylic oxidation sites excluding steroid dienone is 1. The Kier molecular flexibility index (Phi) is 7.47. The maximum absolute atomic E-state index is 12.8. The Morgan fingerprint density at radius 3 is 2.37 bits per heavy atom. The topological polar surface area (TPSA) is 60.7 Å². The van der Waals surface area contributed by atoms with Crippen LogP contribution < -0.4 is 14.8 Å². The van der Waals surface area contributed by atoms with Gasteiger partial charge in [0.15, 0.2) is 0 Å². The van der Waals surface area contributed by atoms with E-state index in [4.69, 9.17) is 25.5 Å². The molecule has 3 aromatic carbocycles. The number of hydrogen-bond donors (Lipinski definition) is 1. The molecule has 6 heteroatoms. The van der Waals surface area contributed by atoms with Crippen molar-refractivity contribution in [3.63, 3.8) is 0 Å². The van der Waals surface area contributed by atoms with Gasteiger partial charge in [-0.25, -0.2) is 0 Å². The Bertz CT molecular complexity index is 1370. The van der Waals surface area contributed by atoms with Crippen LogP contribution in [-0.4, -0.2) is 19.1 Å². The molecule has 35 heavy (non-hydrogen) atoms. The van der Waals surface area contributed by atoms with Crippen molar-refractivity contribution in [2.24, 2.45) is 0 Å². The summed E-state index contributed by atoms with van der Waals surface area (Å²) in [5, 5.41) is 4.53. The molecule has 0 aliphatic carbocycles. The number of ether oxygens (including phenoxy) is 2. The highest BCUT2D eigenvalue weighted by Gasteiger charge is 2.19. The average Bonchev–Trinajstić information content (AvgIpc) is 3.27. The average molecular weight is 490 g/mol. The van der Waals surface area contributed by atoms with Crippen LogP contribution in [0.3, 0.4) is 0 Å². The van der Waals surface area contributed by atoms with Crippen molar-refractivity contribution in [2.75, 3.05) is 18.5 Å². The monoisotopic (exact) mass is 489 g/mol. The molecule has 0 spiro atoms. The van der Waals surface area contributed by atoms with Gasteiger partial charge in [-0.2, -0.15) is 0 Å². The van der Waals surface area contributed by atoms with Gasteiger partial charge in [0, 0.05) is 38.9 Å². The van der Waals surface area contributed by atoms with Crippen molar-refractivity contribution < 1.29 is 18.7 Å². The number of benzene rings is 3. The van der Waals surface area contributed by atoms with E-state index in [1.807, 2.05) is 82.3 Å². The molecule has 4 aromatic rings. The normalized spacial score (nSPS) is 11.5. The SMILES string of the molecule is CCOc1ccc(NC(=O)/C=C(\C)c2cc3c(-c4ccc(Cl)cc4)coc3c(C)c2OCC)cc1. The molecule has 0 saturated carbocycles. The maximum Gasteiger partial charge on any atom is 0.248 e. The molecular formula is C29H28ClNO4. The van der Waals surface area contributed by atoms with E-state index in [0.717, 1.165) is 44.5 Å².